The normalized spacial score (nSPS) is 15.1. The Kier molecular flexibility index (Phi) is 1.39. The third-order valence-electron chi connectivity index (χ3n) is 1.92. The summed E-state index contributed by atoms with van der Waals surface area (Å²) in [5, 5.41) is 2.89. The molecule has 0 atom stereocenters. The molecule has 0 bridgehead atoms. The molecule has 0 radical (unpaired) electrons. The molecule has 0 aromatic heterocycles. The van der Waals surface area contributed by atoms with E-state index in [0.29, 0.717) is 24.2 Å². The van der Waals surface area contributed by atoms with Crippen LogP contribution < -0.4 is 5.32 Å². The molecule has 1 N–H and O–H groups in total. The van der Waals surface area contributed by atoms with Crippen molar-refractivity contribution in [3.8, 4) is 0 Å². The summed E-state index contributed by atoms with van der Waals surface area (Å²) in [5.41, 5.74) is 0.954. The minimum atomic E-state index is -0.314. The lowest BCUT2D eigenvalue weighted by atomic mass is 10.1. The zero-order valence-corrected chi connectivity index (χ0v) is 5.82. The van der Waals surface area contributed by atoms with Crippen molar-refractivity contribution in [2.45, 2.75) is 13.1 Å². The first-order valence-electron chi connectivity index (χ1n) is 3.45. The molecule has 0 aliphatic carbocycles. The minimum absolute atomic E-state index is 0.314. The van der Waals surface area contributed by atoms with Gasteiger partial charge in [0.15, 0.2) is 0 Å². The maximum Gasteiger partial charge on any atom is 0.128 e. The molecule has 0 saturated carbocycles. The lowest BCUT2D eigenvalue weighted by Gasteiger charge is -1.99. The van der Waals surface area contributed by atoms with Crippen LogP contribution in [0.4, 0.5) is 8.78 Å². The first kappa shape index (κ1) is 6.73. The van der Waals surface area contributed by atoms with Crippen LogP contribution in [0.15, 0.2) is 12.1 Å². The Morgan fingerprint density at radius 3 is 1.91 bits per heavy atom. The van der Waals surface area contributed by atoms with Gasteiger partial charge >= 0.3 is 0 Å². The van der Waals surface area contributed by atoms with E-state index in [1.807, 2.05) is 0 Å². The van der Waals surface area contributed by atoms with Gasteiger partial charge in [-0.25, -0.2) is 8.78 Å². The summed E-state index contributed by atoms with van der Waals surface area (Å²) in [7, 11) is 0. The molecule has 0 unspecified atom stereocenters. The Labute approximate surface area is 63.0 Å². The second-order valence-corrected chi connectivity index (χ2v) is 2.59. The van der Waals surface area contributed by atoms with E-state index in [4.69, 9.17) is 0 Å². The lowest BCUT2D eigenvalue weighted by Crippen LogP contribution is -2.00. The van der Waals surface area contributed by atoms with Crippen LogP contribution in [0.25, 0.3) is 0 Å². The fraction of sp³-hybridized carbons (Fsp3) is 0.250. The Balaban J connectivity index is 2.64. The molecule has 0 spiro atoms. The number of nitrogens with one attached hydrogen (secondary N) is 1. The molecule has 0 fully saturated rings. The largest absolute Gasteiger partial charge is 0.308 e. The summed E-state index contributed by atoms with van der Waals surface area (Å²) in [6.07, 6.45) is 0. The van der Waals surface area contributed by atoms with Gasteiger partial charge in [-0.1, -0.05) is 0 Å². The van der Waals surface area contributed by atoms with Crippen molar-refractivity contribution < 1.29 is 8.78 Å². The summed E-state index contributed by atoms with van der Waals surface area (Å²) in [5.74, 6) is -0.627. The van der Waals surface area contributed by atoms with Crippen molar-refractivity contribution in [2.75, 3.05) is 0 Å². The van der Waals surface area contributed by atoms with Crippen LogP contribution >= 0.6 is 0 Å². The maximum atomic E-state index is 12.9. The van der Waals surface area contributed by atoms with Gasteiger partial charge in [-0.3, -0.25) is 0 Å². The predicted octanol–water partition coefficient (Wildman–Crippen LogP) is 1.57. The van der Waals surface area contributed by atoms with Crippen LogP contribution in [-0.4, -0.2) is 0 Å². The third-order valence-corrected chi connectivity index (χ3v) is 1.92. The van der Waals surface area contributed by atoms with Crippen molar-refractivity contribution in [2.24, 2.45) is 0 Å². The van der Waals surface area contributed by atoms with Crippen molar-refractivity contribution in [3.05, 3.63) is 34.9 Å². The standard InChI is InChI=1S/C8H7F2N/c9-7-1-2-8(10)6-4-11-3-5(6)7/h1-2,11H,3-4H2. The molecule has 1 heterocycles. The highest BCUT2D eigenvalue weighted by Crippen LogP contribution is 2.21. The van der Waals surface area contributed by atoms with Crippen LogP contribution in [0.5, 0.6) is 0 Å². The molecule has 1 nitrogen and oxygen atoms in total. The summed E-state index contributed by atoms with van der Waals surface area (Å²) in [6.45, 7) is 0.887. The van der Waals surface area contributed by atoms with Gasteiger partial charge in [0.2, 0.25) is 0 Å². The average Bonchev–Trinajstić information content (AvgIpc) is 2.45. The smallest absolute Gasteiger partial charge is 0.128 e. The van der Waals surface area contributed by atoms with E-state index in [0.717, 1.165) is 0 Å². The second-order valence-electron chi connectivity index (χ2n) is 2.59. The van der Waals surface area contributed by atoms with Crippen molar-refractivity contribution in [1.29, 1.82) is 0 Å². The zero-order chi connectivity index (χ0) is 7.84. The van der Waals surface area contributed by atoms with Gasteiger partial charge in [0.1, 0.15) is 11.6 Å². The average molecular weight is 155 g/mol. The Hall–Kier alpha value is -0.960. The number of fused-ring (bicyclic) bond motifs is 1. The van der Waals surface area contributed by atoms with E-state index in [1.165, 1.54) is 12.1 Å². The van der Waals surface area contributed by atoms with E-state index in [2.05, 4.69) is 5.32 Å². The van der Waals surface area contributed by atoms with E-state index in [1.54, 1.807) is 0 Å². The molecule has 2 rings (SSSR count). The fourth-order valence-corrected chi connectivity index (χ4v) is 1.33. The summed E-state index contributed by atoms with van der Waals surface area (Å²) >= 11 is 0. The van der Waals surface area contributed by atoms with Gasteiger partial charge in [-0.15, -0.1) is 0 Å². The number of halogens is 2. The SMILES string of the molecule is Fc1ccc(F)c2c1CNC2. The van der Waals surface area contributed by atoms with Gasteiger partial charge in [0, 0.05) is 24.2 Å². The van der Waals surface area contributed by atoms with Crippen molar-refractivity contribution in [3.63, 3.8) is 0 Å². The monoisotopic (exact) mass is 155 g/mol. The number of benzene rings is 1. The Morgan fingerprint density at radius 1 is 1.00 bits per heavy atom. The molecule has 1 aromatic rings. The zero-order valence-electron chi connectivity index (χ0n) is 5.82. The highest BCUT2D eigenvalue weighted by molar-refractivity contribution is 5.32. The van der Waals surface area contributed by atoms with Crippen LogP contribution in [-0.2, 0) is 13.1 Å². The minimum Gasteiger partial charge on any atom is -0.308 e. The first-order valence-corrected chi connectivity index (χ1v) is 3.45. The van der Waals surface area contributed by atoms with Crippen LogP contribution in [0.1, 0.15) is 11.1 Å². The molecule has 11 heavy (non-hydrogen) atoms. The molecule has 1 aliphatic rings. The lowest BCUT2D eigenvalue weighted by molar-refractivity contribution is 0.585. The van der Waals surface area contributed by atoms with E-state index in [9.17, 15) is 8.78 Å². The number of hydrogen-bond acceptors (Lipinski definition) is 1. The first-order chi connectivity index (χ1) is 5.29. The van der Waals surface area contributed by atoms with Gasteiger partial charge in [0.05, 0.1) is 0 Å². The summed E-state index contributed by atoms with van der Waals surface area (Å²) < 4.78 is 25.7. The van der Waals surface area contributed by atoms with Gasteiger partial charge in [-0.2, -0.15) is 0 Å². The van der Waals surface area contributed by atoms with Crippen molar-refractivity contribution >= 4 is 0 Å². The van der Waals surface area contributed by atoms with E-state index < -0.39 is 0 Å². The topological polar surface area (TPSA) is 12.0 Å². The molecule has 1 aliphatic heterocycles. The molecule has 58 valence electrons. The Bertz CT molecular complexity index is 267. The van der Waals surface area contributed by atoms with Crippen LogP contribution in [0.2, 0.25) is 0 Å². The van der Waals surface area contributed by atoms with Crippen molar-refractivity contribution in [1.82, 2.24) is 5.32 Å². The third kappa shape index (κ3) is 0.922. The van der Waals surface area contributed by atoms with E-state index >= 15 is 0 Å². The highest BCUT2D eigenvalue weighted by atomic mass is 19.1. The summed E-state index contributed by atoms with van der Waals surface area (Å²) in [6, 6.07) is 2.34. The number of rotatable bonds is 0. The predicted molar refractivity (Wildman–Crippen MR) is 36.9 cm³/mol. The molecule has 0 saturated heterocycles. The number of hydrogen-bond donors (Lipinski definition) is 1. The van der Waals surface area contributed by atoms with Crippen LogP contribution in [0.3, 0.4) is 0 Å². The summed E-state index contributed by atoms with van der Waals surface area (Å²) in [4.78, 5) is 0. The quantitative estimate of drug-likeness (QED) is 0.599. The van der Waals surface area contributed by atoms with Gasteiger partial charge in [0.25, 0.3) is 0 Å². The maximum absolute atomic E-state index is 12.9. The van der Waals surface area contributed by atoms with Gasteiger partial charge in [-0.05, 0) is 12.1 Å². The molecular weight excluding hydrogens is 148 g/mol. The van der Waals surface area contributed by atoms with Crippen LogP contribution in [0, 0.1) is 11.6 Å². The molecule has 0 amide bonds. The second kappa shape index (κ2) is 2.27. The van der Waals surface area contributed by atoms with E-state index in [-0.39, 0.29) is 11.6 Å². The molecular formula is C8H7F2N. The Morgan fingerprint density at radius 2 is 1.45 bits per heavy atom. The van der Waals surface area contributed by atoms with Gasteiger partial charge < -0.3 is 5.32 Å². The highest BCUT2D eigenvalue weighted by Gasteiger charge is 2.17. The molecule has 1 aromatic carbocycles. The molecule has 3 heteroatoms. The fourth-order valence-electron chi connectivity index (χ4n) is 1.33.